The molecule has 0 amide bonds. The Kier molecular flexibility index (Phi) is 5.22. The molecule has 2 heterocycles. The summed E-state index contributed by atoms with van der Waals surface area (Å²) in [6, 6.07) is 18.6. The normalized spacial score (nSPS) is 11.7. The van der Waals surface area contributed by atoms with Crippen molar-refractivity contribution in [2.45, 2.75) is 30.9 Å². The van der Waals surface area contributed by atoms with E-state index in [1.165, 1.54) is 0 Å². The van der Waals surface area contributed by atoms with Crippen LogP contribution in [0.25, 0.3) is 33.9 Å². The van der Waals surface area contributed by atoms with Crippen LogP contribution in [0.15, 0.2) is 71.8 Å². The lowest BCUT2D eigenvalue weighted by Gasteiger charge is -2.09. The second-order valence-electron chi connectivity index (χ2n) is 7.34. The number of nitrogens with one attached hydrogen (secondary N) is 1. The van der Waals surface area contributed by atoms with Crippen LogP contribution >= 0.6 is 0 Å². The molecule has 0 radical (unpaired) electrons. The zero-order valence-electron chi connectivity index (χ0n) is 17.0. The first-order chi connectivity index (χ1) is 14.4. The van der Waals surface area contributed by atoms with E-state index in [0.717, 1.165) is 28.2 Å². The van der Waals surface area contributed by atoms with Gasteiger partial charge in [0.25, 0.3) is 0 Å². The zero-order chi connectivity index (χ0) is 21.3. The number of H-pyrrole nitrogens is 1. The predicted molar refractivity (Wildman–Crippen MR) is 118 cm³/mol. The van der Waals surface area contributed by atoms with Crippen molar-refractivity contribution in [2.75, 3.05) is 0 Å². The monoisotopic (exact) mass is 418 g/mol. The predicted octanol–water partition coefficient (Wildman–Crippen LogP) is 4.69. The van der Waals surface area contributed by atoms with Gasteiger partial charge in [-0.1, -0.05) is 42.5 Å². The summed E-state index contributed by atoms with van der Waals surface area (Å²) in [5.41, 5.74) is 5.58. The molecule has 6 nitrogen and oxygen atoms in total. The van der Waals surface area contributed by atoms with E-state index in [1.807, 2.05) is 43.3 Å². The van der Waals surface area contributed by atoms with Crippen LogP contribution < -0.4 is 0 Å². The highest BCUT2D eigenvalue weighted by atomic mass is 32.2. The fraction of sp³-hybridized carbons (Fsp3) is 0.174. The van der Waals surface area contributed by atoms with E-state index in [-0.39, 0.29) is 0 Å². The van der Waals surface area contributed by atoms with Crippen molar-refractivity contribution >= 4 is 9.84 Å². The van der Waals surface area contributed by atoms with Crippen LogP contribution in [-0.2, 0) is 9.84 Å². The second kappa shape index (κ2) is 7.84. The lowest BCUT2D eigenvalue weighted by atomic mass is 10.1. The number of nitrogens with zero attached hydrogens (tertiary/aromatic N) is 3. The summed E-state index contributed by atoms with van der Waals surface area (Å²) in [4.78, 5) is 9.56. The molecule has 1 N–H and O–H groups in total. The van der Waals surface area contributed by atoms with E-state index in [2.05, 4.69) is 15.2 Å². The molecule has 0 aliphatic carbocycles. The van der Waals surface area contributed by atoms with Gasteiger partial charge in [-0.25, -0.2) is 13.4 Å². The molecular formula is C23H22N4O2S. The Morgan fingerprint density at radius 1 is 0.900 bits per heavy atom. The first kappa shape index (κ1) is 20.0. The molecule has 2 aromatic carbocycles. The van der Waals surface area contributed by atoms with Crippen LogP contribution in [0.5, 0.6) is 0 Å². The van der Waals surface area contributed by atoms with Crippen molar-refractivity contribution < 1.29 is 8.42 Å². The summed E-state index contributed by atoms with van der Waals surface area (Å²) in [6.45, 7) is 5.25. The van der Waals surface area contributed by atoms with Gasteiger partial charge in [0, 0.05) is 11.1 Å². The molecule has 0 fully saturated rings. The average Bonchev–Trinajstić information content (AvgIpc) is 3.25. The maximum atomic E-state index is 12.3. The highest BCUT2D eigenvalue weighted by Crippen LogP contribution is 2.27. The van der Waals surface area contributed by atoms with Gasteiger partial charge < -0.3 is 0 Å². The number of hydrogen-bond acceptors (Lipinski definition) is 5. The summed E-state index contributed by atoms with van der Waals surface area (Å²) >= 11 is 0. The van der Waals surface area contributed by atoms with Gasteiger partial charge in [0.1, 0.15) is 5.69 Å². The number of aromatic amines is 1. The van der Waals surface area contributed by atoms with Crippen molar-refractivity contribution in [3.05, 3.63) is 72.6 Å². The molecule has 0 atom stereocenters. The fourth-order valence-corrected chi connectivity index (χ4v) is 4.19. The molecular weight excluding hydrogens is 396 g/mol. The van der Waals surface area contributed by atoms with Gasteiger partial charge >= 0.3 is 0 Å². The van der Waals surface area contributed by atoms with Crippen LogP contribution in [0.4, 0.5) is 0 Å². The number of aromatic nitrogens is 4. The van der Waals surface area contributed by atoms with Gasteiger partial charge in [-0.2, -0.15) is 5.10 Å². The third-order valence-corrected chi connectivity index (χ3v) is 7.13. The Morgan fingerprint density at radius 2 is 1.57 bits per heavy atom. The molecule has 0 aliphatic rings. The van der Waals surface area contributed by atoms with Gasteiger partial charge in [0.2, 0.25) is 0 Å². The summed E-state index contributed by atoms with van der Waals surface area (Å²) < 4.78 is 24.7. The van der Waals surface area contributed by atoms with Gasteiger partial charge in [-0.3, -0.25) is 10.1 Å². The van der Waals surface area contributed by atoms with Crippen molar-refractivity contribution in [2.24, 2.45) is 0 Å². The molecule has 152 valence electrons. The Labute approximate surface area is 176 Å². The van der Waals surface area contributed by atoms with E-state index in [1.54, 1.807) is 44.3 Å². The standard InChI is InChI=1S/C23H22N4O2S/c1-15(2)30(28,29)19-11-9-18(10-12-19)22-14-24-16(3)23(25-22)21-13-20(26-27-21)17-7-5-4-6-8-17/h4-15H,1-3H3,(H,26,27). The topological polar surface area (TPSA) is 88.6 Å². The lowest BCUT2D eigenvalue weighted by Crippen LogP contribution is -2.13. The molecule has 2 aromatic heterocycles. The number of rotatable bonds is 5. The molecule has 30 heavy (non-hydrogen) atoms. The van der Waals surface area contributed by atoms with Gasteiger partial charge in [-0.15, -0.1) is 0 Å². The Morgan fingerprint density at radius 3 is 2.23 bits per heavy atom. The largest absolute Gasteiger partial charge is 0.276 e. The number of sulfone groups is 1. The molecule has 0 saturated heterocycles. The minimum Gasteiger partial charge on any atom is -0.276 e. The van der Waals surface area contributed by atoms with Gasteiger partial charge in [0.05, 0.1) is 39.1 Å². The number of benzene rings is 2. The maximum Gasteiger partial charge on any atom is 0.180 e. The molecule has 0 bridgehead atoms. The third-order valence-electron chi connectivity index (χ3n) is 4.96. The molecule has 0 spiro atoms. The minimum absolute atomic E-state index is 0.308. The highest BCUT2D eigenvalue weighted by molar-refractivity contribution is 7.92. The number of hydrogen-bond donors (Lipinski definition) is 1. The van der Waals surface area contributed by atoms with Gasteiger partial charge in [-0.05, 0) is 39.0 Å². The van der Waals surface area contributed by atoms with Crippen molar-refractivity contribution in [1.82, 2.24) is 20.2 Å². The van der Waals surface area contributed by atoms with Crippen molar-refractivity contribution in [1.29, 1.82) is 0 Å². The van der Waals surface area contributed by atoms with E-state index >= 15 is 0 Å². The van der Waals surface area contributed by atoms with Crippen LogP contribution in [0.1, 0.15) is 19.5 Å². The van der Waals surface area contributed by atoms with Gasteiger partial charge in [0.15, 0.2) is 9.84 Å². The lowest BCUT2D eigenvalue weighted by molar-refractivity contribution is 0.587. The quantitative estimate of drug-likeness (QED) is 0.508. The zero-order valence-corrected chi connectivity index (χ0v) is 17.8. The summed E-state index contributed by atoms with van der Waals surface area (Å²) in [7, 11) is -3.31. The molecule has 0 aliphatic heterocycles. The molecule has 0 saturated carbocycles. The van der Waals surface area contributed by atoms with E-state index < -0.39 is 15.1 Å². The van der Waals surface area contributed by atoms with E-state index in [4.69, 9.17) is 4.98 Å². The van der Waals surface area contributed by atoms with Crippen LogP contribution in [-0.4, -0.2) is 33.8 Å². The fourth-order valence-electron chi connectivity index (χ4n) is 3.13. The van der Waals surface area contributed by atoms with E-state index in [0.29, 0.717) is 16.3 Å². The smallest absolute Gasteiger partial charge is 0.180 e. The highest BCUT2D eigenvalue weighted by Gasteiger charge is 2.19. The summed E-state index contributed by atoms with van der Waals surface area (Å²) in [6.07, 6.45) is 1.69. The number of aryl methyl sites for hydroxylation is 1. The summed E-state index contributed by atoms with van der Waals surface area (Å²) in [5.74, 6) is 0. The van der Waals surface area contributed by atoms with Crippen LogP contribution in [0.3, 0.4) is 0 Å². The van der Waals surface area contributed by atoms with E-state index in [9.17, 15) is 8.42 Å². The molecule has 4 rings (SSSR count). The Hall–Kier alpha value is -3.32. The van der Waals surface area contributed by atoms with Crippen LogP contribution in [0.2, 0.25) is 0 Å². The average molecular weight is 419 g/mol. The third kappa shape index (κ3) is 3.76. The first-order valence-corrected chi connectivity index (χ1v) is 11.2. The first-order valence-electron chi connectivity index (χ1n) is 9.65. The van der Waals surface area contributed by atoms with Crippen LogP contribution in [0, 0.1) is 6.92 Å². The Balaban J connectivity index is 1.69. The SMILES string of the molecule is Cc1ncc(-c2ccc(S(=O)(=O)C(C)C)cc2)nc1-c1cc(-c2ccccc2)n[nH]1. The molecule has 4 aromatic rings. The molecule has 7 heteroatoms. The Bertz CT molecular complexity index is 1280. The van der Waals surface area contributed by atoms with Crippen molar-refractivity contribution in [3.63, 3.8) is 0 Å². The second-order valence-corrected chi connectivity index (χ2v) is 9.84. The summed E-state index contributed by atoms with van der Waals surface area (Å²) in [5, 5.41) is 6.99. The molecule has 0 unspecified atom stereocenters. The minimum atomic E-state index is -3.31. The maximum absolute atomic E-state index is 12.3. The van der Waals surface area contributed by atoms with Crippen molar-refractivity contribution in [3.8, 4) is 33.9 Å².